The fourth-order valence-corrected chi connectivity index (χ4v) is 2.29. The second kappa shape index (κ2) is 9.29. The van der Waals surface area contributed by atoms with Gasteiger partial charge in [0, 0.05) is 20.1 Å². The fraction of sp³-hybridized carbons (Fsp3) is 0.909. The molecule has 0 saturated carbocycles. The standard InChI is InChI=1S/C11H24N2O4S/c1-4-5-6-7-9-12-18(15,16)13(2)10-8-11(14)17-3/h12H,4-10H2,1-3H3. The summed E-state index contributed by atoms with van der Waals surface area (Å²) in [7, 11) is -0.753. The first-order valence-electron chi connectivity index (χ1n) is 6.21. The maximum atomic E-state index is 11.7. The number of ether oxygens (including phenoxy) is 1. The summed E-state index contributed by atoms with van der Waals surface area (Å²) in [6.45, 7) is 2.66. The third-order valence-corrected chi connectivity index (χ3v) is 4.16. The Bertz CT molecular complexity index is 330. The molecule has 6 nitrogen and oxygen atoms in total. The van der Waals surface area contributed by atoms with Gasteiger partial charge in [-0.05, 0) is 6.42 Å². The van der Waals surface area contributed by atoms with Crippen molar-refractivity contribution in [1.29, 1.82) is 0 Å². The molecule has 0 bridgehead atoms. The van der Waals surface area contributed by atoms with Crippen LogP contribution >= 0.6 is 0 Å². The lowest BCUT2D eigenvalue weighted by Crippen LogP contribution is -2.39. The van der Waals surface area contributed by atoms with Crippen LogP contribution in [0, 0.1) is 0 Å². The van der Waals surface area contributed by atoms with E-state index in [1.54, 1.807) is 0 Å². The minimum atomic E-state index is -3.48. The molecule has 0 spiro atoms. The van der Waals surface area contributed by atoms with Gasteiger partial charge in [-0.2, -0.15) is 12.7 Å². The highest BCUT2D eigenvalue weighted by atomic mass is 32.2. The normalized spacial score (nSPS) is 11.8. The summed E-state index contributed by atoms with van der Waals surface area (Å²) in [6.07, 6.45) is 4.14. The van der Waals surface area contributed by atoms with Crippen molar-refractivity contribution in [2.45, 2.75) is 39.0 Å². The van der Waals surface area contributed by atoms with E-state index in [-0.39, 0.29) is 13.0 Å². The van der Waals surface area contributed by atoms with Gasteiger partial charge in [-0.25, -0.2) is 4.72 Å². The molecule has 0 aliphatic heterocycles. The van der Waals surface area contributed by atoms with Gasteiger partial charge in [0.05, 0.1) is 13.5 Å². The van der Waals surface area contributed by atoms with Gasteiger partial charge in [0.1, 0.15) is 0 Å². The Labute approximate surface area is 110 Å². The Hall–Kier alpha value is -0.660. The van der Waals surface area contributed by atoms with Crippen LogP contribution in [0.25, 0.3) is 0 Å². The van der Waals surface area contributed by atoms with Crippen LogP contribution in [-0.4, -0.2) is 45.9 Å². The minimum absolute atomic E-state index is 0.0593. The van der Waals surface area contributed by atoms with E-state index in [0.29, 0.717) is 6.54 Å². The predicted octanol–water partition coefficient (Wildman–Crippen LogP) is 0.896. The van der Waals surface area contributed by atoms with Gasteiger partial charge >= 0.3 is 5.97 Å². The van der Waals surface area contributed by atoms with Crippen molar-refractivity contribution in [3.05, 3.63) is 0 Å². The van der Waals surface area contributed by atoms with Gasteiger partial charge < -0.3 is 4.74 Å². The number of nitrogens with zero attached hydrogens (tertiary/aromatic N) is 1. The monoisotopic (exact) mass is 280 g/mol. The van der Waals surface area contributed by atoms with Gasteiger partial charge in [0.25, 0.3) is 10.2 Å². The van der Waals surface area contributed by atoms with Crippen molar-refractivity contribution in [2.75, 3.05) is 27.2 Å². The first-order valence-corrected chi connectivity index (χ1v) is 7.65. The second-order valence-electron chi connectivity index (χ2n) is 4.11. The molecule has 0 unspecified atom stereocenters. The number of nitrogens with one attached hydrogen (secondary N) is 1. The van der Waals surface area contributed by atoms with Crippen molar-refractivity contribution in [2.24, 2.45) is 0 Å². The summed E-state index contributed by atoms with van der Waals surface area (Å²) in [5.41, 5.74) is 0. The molecule has 0 aromatic carbocycles. The van der Waals surface area contributed by atoms with Crippen LogP contribution < -0.4 is 4.72 Å². The summed E-state index contributed by atoms with van der Waals surface area (Å²) < 4.78 is 31.5. The van der Waals surface area contributed by atoms with Crippen LogP contribution in [0.3, 0.4) is 0 Å². The summed E-state index contributed by atoms with van der Waals surface area (Å²) in [4.78, 5) is 10.9. The lowest BCUT2D eigenvalue weighted by molar-refractivity contribution is -0.140. The van der Waals surface area contributed by atoms with E-state index in [2.05, 4.69) is 16.4 Å². The highest BCUT2D eigenvalue weighted by molar-refractivity contribution is 7.87. The number of rotatable bonds is 10. The zero-order valence-corrected chi connectivity index (χ0v) is 12.3. The Morgan fingerprint density at radius 1 is 1.28 bits per heavy atom. The van der Waals surface area contributed by atoms with Crippen molar-refractivity contribution in [3.63, 3.8) is 0 Å². The van der Waals surface area contributed by atoms with Gasteiger partial charge in [-0.15, -0.1) is 0 Å². The van der Waals surface area contributed by atoms with Gasteiger partial charge in [-0.1, -0.05) is 26.2 Å². The van der Waals surface area contributed by atoms with Crippen molar-refractivity contribution < 1.29 is 17.9 Å². The number of unbranched alkanes of at least 4 members (excludes halogenated alkanes) is 3. The Morgan fingerprint density at radius 3 is 2.50 bits per heavy atom. The summed E-state index contributed by atoms with van der Waals surface area (Å²) in [5, 5.41) is 0. The molecule has 108 valence electrons. The lowest BCUT2D eigenvalue weighted by atomic mass is 10.2. The van der Waals surface area contributed by atoms with E-state index >= 15 is 0 Å². The number of carbonyl (C=O) groups excluding carboxylic acids is 1. The first-order chi connectivity index (χ1) is 8.44. The largest absolute Gasteiger partial charge is 0.469 e. The van der Waals surface area contributed by atoms with Crippen LogP contribution in [0.5, 0.6) is 0 Å². The van der Waals surface area contributed by atoms with Crippen LogP contribution in [0.15, 0.2) is 0 Å². The van der Waals surface area contributed by atoms with Crippen LogP contribution in [-0.2, 0) is 19.7 Å². The van der Waals surface area contributed by atoms with Gasteiger partial charge in [-0.3, -0.25) is 4.79 Å². The molecule has 7 heteroatoms. The molecule has 1 N–H and O–H groups in total. The summed E-state index contributed by atoms with van der Waals surface area (Å²) in [6, 6.07) is 0. The molecular weight excluding hydrogens is 256 g/mol. The molecule has 0 atom stereocenters. The first kappa shape index (κ1) is 17.3. The molecule has 18 heavy (non-hydrogen) atoms. The third-order valence-electron chi connectivity index (χ3n) is 2.58. The van der Waals surface area contributed by atoms with Crippen molar-refractivity contribution >= 4 is 16.2 Å². The molecule has 0 rings (SSSR count). The molecule has 0 amide bonds. The van der Waals surface area contributed by atoms with Crippen LogP contribution in [0.2, 0.25) is 0 Å². The fourth-order valence-electron chi connectivity index (χ4n) is 1.33. The maximum absolute atomic E-state index is 11.7. The average Bonchev–Trinajstić information content (AvgIpc) is 2.34. The highest BCUT2D eigenvalue weighted by Crippen LogP contribution is 2.00. The molecule has 0 saturated heterocycles. The van der Waals surface area contributed by atoms with Crippen LogP contribution in [0.4, 0.5) is 0 Å². The maximum Gasteiger partial charge on any atom is 0.306 e. The Morgan fingerprint density at radius 2 is 1.94 bits per heavy atom. The molecule has 0 aromatic rings. The number of carbonyl (C=O) groups is 1. The van der Waals surface area contributed by atoms with Crippen molar-refractivity contribution in [3.8, 4) is 0 Å². The van der Waals surface area contributed by atoms with E-state index in [0.717, 1.165) is 30.0 Å². The van der Waals surface area contributed by atoms with Gasteiger partial charge in [0.2, 0.25) is 0 Å². The van der Waals surface area contributed by atoms with E-state index in [1.165, 1.54) is 14.2 Å². The number of hydrogen-bond acceptors (Lipinski definition) is 4. The number of esters is 1. The highest BCUT2D eigenvalue weighted by Gasteiger charge is 2.17. The zero-order valence-electron chi connectivity index (χ0n) is 11.4. The van der Waals surface area contributed by atoms with E-state index in [4.69, 9.17) is 0 Å². The van der Waals surface area contributed by atoms with Gasteiger partial charge in [0.15, 0.2) is 0 Å². The van der Waals surface area contributed by atoms with Crippen molar-refractivity contribution in [1.82, 2.24) is 9.03 Å². The van der Waals surface area contributed by atoms with Crippen LogP contribution in [0.1, 0.15) is 39.0 Å². The topological polar surface area (TPSA) is 75.7 Å². The molecule has 0 heterocycles. The Balaban J connectivity index is 3.92. The Kier molecular flexibility index (Phi) is 8.95. The third kappa shape index (κ3) is 7.62. The summed E-state index contributed by atoms with van der Waals surface area (Å²) in [5.74, 6) is -0.417. The molecule has 0 aromatic heterocycles. The predicted molar refractivity (Wildman–Crippen MR) is 70.3 cm³/mol. The molecule has 0 aliphatic rings. The summed E-state index contributed by atoms with van der Waals surface area (Å²) >= 11 is 0. The van der Waals surface area contributed by atoms with E-state index < -0.39 is 16.2 Å². The average molecular weight is 280 g/mol. The zero-order chi connectivity index (χ0) is 14.0. The lowest BCUT2D eigenvalue weighted by Gasteiger charge is -2.16. The van der Waals surface area contributed by atoms with E-state index in [9.17, 15) is 13.2 Å². The smallest absolute Gasteiger partial charge is 0.306 e. The quantitative estimate of drug-likeness (QED) is 0.476. The molecule has 0 fully saturated rings. The molecule has 0 radical (unpaired) electrons. The number of hydrogen-bond donors (Lipinski definition) is 1. The molecule has 0 aliphatic carbocycles. The SMILES string of the molecule is CCCCCCNS(=O)(=O)N(C)CCC(=O)OC. The second-order valence-corrected chi connectivity index (χ2v) is 5.97. The van der Waals surface area contributed by atoms with E-state index in [1.807, 2.05) is 0 Å². The minimum Gasteiger partial charge on any atom is -0.469 e. The molecular formula is C11H24N2O4S. The number of methoxy groups -OCH3 is 1.